The summed E-state index contributed by atoms with van der Waals surface area (Å²) in [5, 5.41) is 8.94. The van der Waals surface area contributed by atoms with Gasteiger partial charge in [0.2, 0.25) is 0 Å². The van der Waals surface area contributed by atoms with Crippen molar-refractivity contribution in [3.63, 3.8) is 0 Å². The first-order valence-corrected chi connectivity index (χ1v) is 5.27. The van der Waals surface area contributed by atoms with E-state index in [0.717, 1.165) is 0 Å². The normalized spacial score (nSPS) is 25.9. The lowest BCUT2D eigenvalue weighted by Crippen LogP contribution is -2.21. The van der Waals surface area contributed by atoms with Crippen LogP contribution in [-0.4, -0.2) is 29.6 Å². The van der Waals surface area contributed by atoms with E-state index in [9.17, 15) is 9.18 Å². The van der Waals surface area contributed by atoms with Crippen LogP contribution >= 0.6 is 0 Å². The van der Waals surface area contributed by atoms with Crippen molar-refractivity contribution in [2.24, 2.45) is 5.92 Å². The first kappa shape index (κ1) is 11.1. The van der Waals surface area contributed by atoms with Gasteiger partial charge in [0.25, 0.3) is 0 Å². The van der Waals surface area contributed by atoms with Crippen LogP contribution in [0.4, 0.5) is 4.39 Å². The fourth-order valence-electron chi connectivity index (χ4n) is 2.29. The second-order valence-electron chi connectivity index (χ2n) is 4.25. The summed E-state index contributed by atoms with van der Waals surface area (Å²) in [7, 11) is 1.83. The second-order valence-corrected chi connectivity index (χ2v) is 4.25. The van der Waals surface area contributed by atoms with Crippen molar-refractivity contribution in [1.82, 2.24) is 4.90 Å². The summed E-state index contributed by atoms with van der Waals surface area (Å²) in [6, 6.07) is 6.43. The summed E-state index contributed by atoms with van der Waals surface area (Å²) >= 11 is 0. The Kier molecular flexibility index (Phi) is 2.92. The molecule has 16 heavy (non-hydrogen) atoms. The number of hydrogen-bond donors (Lipinski definition) is 1. The van der Waals surface area contributed by atoms with Gasteiger partial charge in [0.15, 0.2) is 0 Å². The highest BCUT2D eigenvalue weighted by molar-refractivity contribution is 5.70. The Morgan fingerprint density at radius 1 is 1.50 bits per heavy atom. The molecule has 1 N–H and O–H groups in total. The van der Waals surface area contributed by atoms with Gasteiger partial charge in [-0.05, 0) is 19.5 Å². The number of benzene rings is 1. The number of likely N-dealkylation sites (tertiary alicyclic amines) is 1. The van der Waals surface area contributed by atoms with E-state index in [1.807, 2.05) is 11.9 Å². The van der Waals surface area contributed by atoms with Crippen LogP contribution in [0.25, 0.3) is 0 Å². The summed E-state index contributed by atoms with van der Waals surface area (Å²) < 4.78 is 13.6. The molecule has 2 atom stereocenters. The average Bonchev–Trinajstić information content (AvgIpc) is 2.61. The maximum Gasteiger partial charge on any atom is 0.307 e. The van der Waals surface area contributed by atoms with Crippen LogP contribution in [0.15, 0.2) is 24.3 Å². The highest BCUT2D eigenvalue weighted by Crippen LogP contribution is 2.35. The fourth-order valence-corrected chi connectivity index (χ4v) is 2.29. The Labute approximate surface area is 93.5 Å². The van der Waals surface area contributed by atoms with Gasteiger partial charge in [-0.2, -0.15) is 0 Å². The largest absolute Gasteiger partial charge is 0.481 e. The number of halogens is 1. The summed E-state index contributed by atoms with van der Waals surface area (Å²) in [5.74, 6) is -1.45. The molecule has 1 aromatic rings. The molecule has 1 aliphatic heterocycles. The summed E-state index contributed by atoms with van der Waals surface area (Å²) in [6.07, 6.45) is 0.479. The summed E-state index contributed by atoms with van der Waals surface area (Å²) in [6.45, 7) is 0.480. The van der Waals surface area contributed by atoms with Crippen molar-refractivity contribution in [3.8, 4) is 0 Å². The van der Waals surface area contributed by atoms with Crippen molar-refractivity contribution in [3.05, 3.63) is 35.6 Å². The number of carboxylic acids is 1. The molecule has 86 valence electrons. The molecule has 0 radical (unpaired) electrons. The van der Waals surface area contributed by atoms with E-state index >= 15 is 0 Å². The van der Waals surface area contributed by atoms with Crippen LogP contribution in [0.2, 0.25) is 0 Å². The molecule has 3 nitrogen and oxygen atoms in total. The van der Waals surface area contributed by atoms with Crippen molar-refractivity contribution < 1.29 is 14.3 Å². The monoisotopic (exact) mass is 223 g/mol. The van der Waals surface area contributed by atoms with Crippen molar-refractivity contribution in [2.75, 3.05) is 13.6 Å². The first-order chi connectivity index (χ1) is 7.59. The molecule has 1 fully saturated rings. The molecular formula is C12H14FNO2. The van der Waals surface area contributed by atoms with E-state index in [4.69, 9.17) is 5.11 Å². The van der Waals surface area contributed by atoms with Gasteiger partial charge < -0.3 is 5.11 Å². The van der Waals surface area contributed by atoms with Crippen LogP contribution in [0.5, 0.6) is 0 Å². The number of hydrogen-bond acceptors (Lipinski definition) is 2. The molecule has 2 rings (SSSR count). The molecule has 1 heterocycles. The molecule has 0 bridgehead atoms. The third kappa shape index (κ3) is 1.93. The SMILES string of the molecule is CN1C[C@@H](C(=O)O)C[C@@H]1c1ccccc1F. The molecular weight excluding hydrogens is 209 g/mol. The maximum absolute atomic E-state index is 13.6. The Bertz CT molecular complexity index is 408. The van der Waals surface area contributed by atoms with E-state index in [0.29, 0.717) is 18.5 Å². The molecule has 0 aliphatic carbocycles. The number of aliphatic carboxylic acids is 1. The van der Waals surface area contributed by atoms with Crippen LogP contribution < -0.4 is 0 Å². The quantitative estimate of drug-likeness (QED) is 0.832. The van der Waals surface area contributed by atoms with Crippen LogP contribution in [0.1, 0.15) is 18.0 Å². The highest BCUT2D eigenvalue weighted by atomic mass is 19.1. The molecule has 0 spiro atoms. The Balaban J connectivity index is 2.23. The van der Waals surface area contributed by atoms with Crippen molar-refractivity contribution >= 4 is 5.97 Å². The predicted molar refractivity (Wildman–Crippen MR) is 57.5 cm³/mol. The summed E-state index contributed by atoms with van der Waals surface area (Å²) in [5.41, 5.74) is 0.591. The smallest absolute Gasteiger partial charge is 0.307 e. The first-order valence-electron chi connectivity index (χ1n) is 5.27. The molecule has 0 unspecified atom stereocenters. The van der Waals surface area contributed by atoms with E-state index < -0.39 is 11.9 Å². The Hall–Kier alpha value is -1.42. The van der Waals surface area contributed by atoms with E-state index in [-0.39, 0.29) is 11.9 Å². The molecule has 4 heteroatoms. The lowest BCUT2D eigenvalue weighted by molar-refractivity contribution is -0.141. The van der Waals surface area contributed by atoms with Gasteiger partial charge in [-0.15, -0.1) is 0 Å². The lowest BCUT2D eigenvalue weighted by atomic mass is 9.99. The van der Waals surface area contributed by atoms with E-state index in [1.165, 1.54) is 6.07 Å². The van der Waals surface area contributed by atoms with Crippen molar-refractivity contribution in [1.29, 1.82) is 0 Å². The Morgan fingerprint density at radius 2 is 2.19 bits per heavy atom. The van der Waals surface area contributed by atoms with Gasteiger partial charge in [0.1, 0.15) is 5.82 Å². The second kappa shape index (κ2) is 4.22. The van der Waals surface area contributed by atoms with Gasteiger partial charge in [-0.3, -0.25) is 9.69 Å². The van der Waals surface area contributed by atoms with Crippen LogP contribution in [0.3, 0.4) is 0 Å². The maximum atomic E-state index is 13.6. The molecule has 1 saturated heterocycles. The molecule has 0 saturated carbocycles. The zero-order chi connectivity index (χ0) is 11.7. The topological polar surface area (TPSA) is 40.5 Å². The van der Waals surface area contributed by atoms with Gasteiger partial charge in [0.05, 0.1) is 5.92 Å². The number of rotatable bonds is 2. The Morgan fingerprint density at radius 3 is 2.75 bits per heavy atom. The molecule has 0 amide bonds. The highest BCUT2D eigenvalue weighted by Gasteiger charge is 2.35. The van der Waals surface area contributed by atoms with E-state index in [2.05, 4.69) is 0 Å². The minimum Gasteiger partial charge on any atom is -0.481 e. The number of nitrogens with zero attached hydrogens (tertiary/aromatic N) is 1. The zero-order valence-electron chi connectivity index (χ0n) is 9.06. The van der Waals surface area contributed by atoms with Crippen LogP contribution in [-0.2, 0) is 4.79 Å². The minimum absolute atomic E-state index is 0.123. The molecule has 1 aromatic carbocycles. The fraction of sp³-hybridized carbons (Fsp3) is 0.417. The van der Waals surface area contributed by atoms with Gasteiger partial charge >= 0.3 is 5.97 Å². The molecule has 1 aliphatic rings. The number of carbonyl (C=O) groups is 1. The van der Waals surface area contributed by atoms with E-state index in [1.54, 1.807) is 18.2 Å². The third-order valence-corrected chi connectivity index (χ3v) is 3.16. The molecule has 0 aromatic heterocycles. The van der Waals surface area contributed by atoms with Gasteiger partial charge in [-0.25, -0.2) is 4.39 Å². The van der Waals surface area contributed by atoms with Crippen LogP contribution in [0, 0.1) is 11.7 Å². The lowest BCUT2D eigenvalue weighted by Gasteiger charge is -2.19. The van der Waals surface area contributed by atoms with Gasteiger partial charge in [-0.1, -0.05) is 18.2 Å². The zero-order valence-corrected chi connectivity index (χ0v) is 9.06. The van der Waals surface area contributed by atoms with Gasteiger partial charge in [0, 0.05) is 18.2 Å². The predicted octanol–water partition coefficient (Wildman–Crippen LogP) is 1.90. The standard InChI is InChI=1S/C12H14FNO2/c1-14-7-8(12(15)16)6-11(14)9-4-2-3-5-10(9)13/h2-5,8,11H,6-7H2,1H3,(H,15,16)/t8-,11+/m0/s1. The average molecular weight is 223 g/mol. The number of carboxylic acid groups (broad SMARTS) is 1. The third-order valence-electron chi connectivity index (χ3n) is 3.16. The van der Waals surface area contributed by atoms with Crippen molar-refractivity contribution in [2.45, 2.75) is 12.5 Å². The summed E-state index contributed by atoms with van der Waals surface area (Å²) in [4.78, 5) is 12.8. The minimum atomic E-state index is -0.800.